The molecule has 5 nitrogen and oxygen atoms in total. The second-order valence-electron chi connectivity index (χ2n) is 3.25. The number of carbonyl (C=O) groups excluding carboxylic acids is 1. The van der Waals surface area contributed by atoms with Gasteiger partial charge in [-0.15, -0.1) is 5.10 Å². The van der Waals surface area contributed by atoms with Crippen LogP contribution in [0.1, 0.15) is 5.82 Å². The topological polar surface area (TPSA) is 70.7 Å². The van der Waals surface area contributed by atoms with E-state index in [1.807, 2.05) is 0 Å². The van der Waals surface area contributed by atoms with Crippen LogP contribution in [0.2, 0.25) is 0 Å². The van der Waals surface area contributed by atoms with E-state index < -0.39 is 30.1 Å². The first-order valence-electron chi connectivity index (χ1n) is 4.35. The van der Waals surface area contributed by atoms with Gasteiger partial charge in [0.15, 0.2) is 0 Å². The number of H-pyrrole nitrogens is 1. The summed E-state index contributed by atoms with van der Waals surface area (Å²) in [7, 11) is 0. The summed E-state index contributed by atoms with van der Waals surface area (Å²) in [4.78, 5) is 14.3. The minimum atomic E-state index is -5.74. The van der Waals surface area contributed by atoms with Crippen molar-refractivity contribution in [2.24, 2.45) is 5.92 Å². The lowest BCUT2D eigenvalue weighted by atomic mass is 10.1. The third kappa shape index (κ3) is 3.34. The van der Waals surface area contributed by atoms with E-state index >= 15 is 0 Å². The first kappa shape index (κ1) is 14.3. The normalized spacial score (nSPS) is 12.9. The van der Waals surface area contributed by atoms with Gasteiger partial charge in [0.05, 0.1) is 0 Å². The van der Waals surface area contributed by atoms with Gasteiger partial charge in [0, 0.05) is 0 Å². The van der Waals surface area contributed by atoms with Crippen LogP contribution in [0, 0.1) is 12.8 Å². The molecule has 102 valence electrons. The number of nitrogens with one attached hydrogen (secondary N) is 2. The van der Waals surface area contributed by atoms with Crippen molar-refractivity contribution in [2.45, 2.75) is 19.3 Å². The molecule has 18 heavy (non-hydrogen) atoms. The highest BCUT2D eigenvalue weighted by atomic mass is 19.4. The van der Waals surface area contributed by atoms with Crippen molar-refractivity contribution in [2.75, 3.05) is 5.32 Å². The molecule has 0 bridgehead atoms. The fourth-order valence-corrected chi connectivity index (χ4v) is 1.06. The average molecular weight is 276 g/mol. The van der Waals surface area contributed by atoms with Gasteiger partial charge in [0.1, 0.15) is 5.82 Å². The monoisotopic (exact) mass is 276 g/mol. The zero-order valence-corrected chi connectivity index (χ0v) is 8.65. The van der Waals surface area contributed by atoms with E-state index in [9.17, 15) is 31.1 Å². The maximum atomic E-state index is 12.1. The standard InChI is InChI=1S/C7H6F6N4O/c1-2-14-5(17-16-2)15-4(18)3(6(8,9)10)7(11,12)13/h3H,1H3,(H2,14,15,16,17,18). The van der Waals surface area contributed by atoms with Crippen molar-refractivity contribution >= 4 is 11.9 Å². The van der Waals surface area contributed by atoms with Crippen LogP contribution >= 0.6 is 0 Å². The van der Waals surface area contributed by atoms with E-state index in [-0.39, 0.29) is 5.82 Å². The lowest BCUT2D eigenvalue weighted by molar-refractivity contribution is -0.272. The Hall–Kier alpha value is -1.81. The molecule has 0 aromatic carbocycles. The molecule has 0 radical (unpaired) electrons. The molecule has 1 aromatic heterocycles. The summed E-state index contributed by atoms with van der Waals surface area (Å²) in [5, 5.41) is 6.70. The van der Waals surface area contributed by atoms with Gasteiger partial charge >= 0.3 is 12.4 Å². The van der Waals surface area contributed by atoms with Gasteiger partial charge in [-0.2, -0.15) is 31.3 Å². The number of anilines is 1. The van der Waals surface area contributed by atoms with Gasteiger partial charge in [-0.1, -0.05) is 0 Å². The third-order valence-electron chi connectivity index (χ3n) is 1.75. The Morgan fingerprint density at radius 1 is 1.22 bits per heavy atom. The number of hydrogen-bond acceptors (Lipinski definition) is 3. The van der Waals surface area contributed by atoms with E-state index in [2.05, 4.69) is 15.2 Å². The molecule has 0 aliphatic carbocycles. The number of hydrogen-bond donors (Lipinski definition) is 2. The number of rotatable bonds is 2. The molecular weight excluding hydrogens is 270 g/mol. The molecule has 2 N–H and O–H groups in total. The minimum Gasteiger partial charge on any atom is -0.292 e. The Balaban J connectivity index is 2.91. The number of carbonyl (C=O) groups is 1. The van der Waals surface area contributed by atoms with Crippen LogP contribution < -0.4 is 5.32 Å². The van der Waals surface area contributed by atoms with Crippen LogP contribution in [-0.2, 0) is 4.79 Å². The number of amides is 1. The van der Waals surface area contributed by atoms with Crippen LogP contribution in [0.25, 0.3) is 0 Å². The Morgan fingerprint density at radius 2 is 1.72 bits per heavy atom. The van der Waals surface area contributed by atoms with Crippen molar-refractivity contribution in [1.82, 2.24) is 15.2 Å². The molecule has 11 heteroatoms. The number of aromatic nitrogens is 3. The van der Waals surface area contributed by atoms with Crippen molar-refractivity contribution in [3.05, 3.63) is 5.82 Å². The molecule has 0 aliphatic heterocycles. The smallest absolute Gasteiger partial charge is 0.292 e. The van der Waals surface area contributed by atoms with Crippen molar-refractivity contribution in [3.8, 4) is 0 Å². The van der Waals surface area contributed by atoms with E-state index in [1.54, 1.807) is 0 Å². The highest BCUT2D eigenvalue weighted by Gasteiger charge is 2.61. The van der Waals surface area contributed by atoms with E-state index in [0.717, 1.165) is 0 Å². The summed E-state index contributed by atoms with van der Waals surface area (Å²) in [6.45, 7) is 1.35. The molecule has 0 aliphatic rings. The summed E-state index contributed by atoms with van der Waals surface area (Å²) in [6, 6.07) is 0. The van der Waals surface area contributed by atoms with Crippen LogP contribution in [0.5, 0.6) is 0 Å². The Labute approximate surface area is 95.6 Å². The van der Waals surface area contributed by atoms with Crippen molar-refractivity contribution < 1.29 is 31.1 Å². The van der Waals surface area contributed by atoms with E-state index in [0.29, 0.717) is 0 Å². The second-order valence-corrected chi connectivity index (χ2v) is 3.25. The Kier molecular flexibility index (Phi) is 3.53. The minimum absolute atomic E-state index is 0.126. The molecule has 0 unspecified atom stereocenters. The molecule has 0 fully saturated rings. The summed E-state index contributed by atoms with van der Waals surface area (Å²) in [5.74, 6) is -6.94. The molecular formula is C7H6F6N4O. The predicted octanol–water partition coefficient (Wildman–Crippen LogP) is 1.79. The number of aryl methyl sites for hydroxylation is 1. The molecule has 0 saturated carbocycles. The van der Waals surface area contributed by atoms with Gasteiger partial charge in [-0.25, -0.2) is 0 Å². The van der Waals surface area contributed by atoms with Crippen LogP contribution in [0.4, 0.5) is 32.3 Å². The second kappa shape index (κ2) is 4.46. The molecule has 0 spiro atoms. The summed E-state index contributed by atoms with van der Waals surface area (Å²) in [6.07, 6.45) is -11.5. The first-order chi connectivity index (χ1) is 8.01. The molecule has 1 rings (SSSR count). The number of nitrogens with zero attached hydrogens (tertiary/aromatic N) is 2. The highest BCUT2D eigenvalue weighted by Crippen LogP contribution is 2.39. The maximum absolute atomic E-state index is 12.1. The zero-order valence-electron chi connectivity index (χ0n) is 8.65. The molecule has 1 aromatic rings. The average Bonchev–Trinajstić information content (AvgIpc) is 2.44. The fraction of sp³-hybridized carbons (Fsp3) is 0.571. The van der Waals surface area contributed by atoms with Crippen LogP contribution in [0.3, 0.4) is 0 Å². The first-order valence-corrected chi connectivity index (χ1v) is 4.35. The lowest BCUT2D eigenvalue weighted by Gasteiger charge is -2.21. The summed E-state index contributed by atoms with van der Waals surface area (Å²) in [5.41, 5.74) is 0. The number of halogens is 6. The highest BCUT2D eigenvalue weighted by molar-refractivity contribution is 5.92. The van der Waals surface area contributed by atoms with Crippen LogP contribution in [-0.4, -0.2) is 33.4 Å². The Morgan fingerprint density at radius 3 is 2.06 bits per heavy atom. The molecule has 1 heterocycles. The largest absolute Gasteiger partial charge is 0.409 e. The maximum Gasteiger partial charge on any atom is 0.409 e. The van der Waals surface area contributed by atoms with Gasteiger partial charge in [-0.3, -0.25) is 15.2 Å². The van der Waals surface area contributed by atoms with Gasteiger partial charge in [0.2, 0.25) is 17.8 Å². The molecule has 0 atom stereocenters. The van der Waals surface area contributed by atoms with E-state index in [1.165, 1.54) is 12.2 Å². The van der Waals surface area contributed by atoms with Crippen LogP contribution in [0.15, 0.2) is 0 Å². The molecule has 0 saturated heterocycles. The number of alkyl halides is 6. The van der Waals surface area contributed by atoms with Gasteiger partial charge in [-0.05, 0) is 6.92 Å². The fourth-order valence-electron chi connectivity index (χ4n) is 1.06. The van der Waals surface area contributed by atoms with E-state index in [4.69, 9.17) is 0 Å². The summed E-state index contributed by atoms with van der Waals surface area (Å²) >= 11 is 0. The van der Waals surface area contributed by atoms with Crippen molar-refractivity contribution in [1.29, 1.82) is 0 Å². The quantitative estimate of drug-likeness (QED) is 0.809. The lowest BCUT2D eigenvalue weighted by Crippen LogP contribution is -2.45. The van der Waals surface area contributed by atoms with Gasteiger partial charge in [0.25, 0.3) is 0 Å². The Bertz CT molecular complexity index is 422. The predicted molar refractivity (Wildman–Crippen MR) is 45.3 cm³/mol. The summed E-state index contributed by atoms with van der Waals surface area (Å²) < 4.78 is 72.9. The molecule has 1 amide bonds. The SMILES string of the molecule is Cc1nc(NC(=O)C(C(F)(F)F)C(F)(F)F)n[nH]1. The zero-order chi connectivity index (χ0) is 14.1. The third-order valence-corrected chi connectivity index (χ3v) is 1.75. The van der Waals surface area contributed by atoms with Crippen molar-refractivity contribution in [3.63, 3.8) is 0 Å². The number of aromatic amines is 1. The van der Waals surface area contributed by atoms with Gasteiger partial charge < -0.3 is 0 Å².